The normalized spacial score (nSPS) is 12.3. The van der Waals surface area contributed by atoms with Crippen molar-refractivity contribution in [2.24, 2.45) is 0 Å². The van der Waals surface area contributed by atoms with E-state index in [-0.39, 0.29) is 10.9 Å². The Hall–Kier alpha value is -6.92. The van der Waals surface area contributed by atoms with Gasteiger partial charge in [-0.05, 0) is 72.3 Å². The largest absolute Gasteiger partial charge is 0.455 e. The summed E-state index contributed by atoms with van der Waals surface area (Å²) in [4.78, 5) is 31.0. The van der Waals surface area contributed by atoms with Crippen LogP contribution in [0.15, 0.2) is 167 Å². The summed E-state index contributed by atoms with van der Waals surface area (Å²) in [5, 5.41) is 1.80. The quantitative estimate of drug-likeness (QED) is 0.141. The van der Waals surface area contributed by atoms with Crippen LogP contribution in [0.1, 0.15) is 0 Å². The second-order valence-corrected chi connectivity index (χ2v) is 12.4. The van der Waals surface area contributed by atoms with Crippen LogP contribution in [0.4, 0.5) is 17.1 Å². The highest BCUT2D eigenvalue weighted by atomic mass is 16.5. The fourth-order valence-electron chi connectivity index (χ4n) is 7.42. The standard InChI is InChI=1S/C44H26N2O4/c47-42-30-18-11-19-31-40(30)46(41-32(42)20-12-24-38(41)49-28-15-5-2-6-16-28)35-25-26-36-44(39(35)43(31)48)50-37-23-10-9-22-34(37)45(36)33-21-8-7-17-29(33)27-13-3-1-4-14-27/h1-26H. The number of benzene rings is 7. The maximum Gasteiger partial charge on any atom is 0.201 e. The highest BCUT2D eigenvalue weighted by Crippen LogP contribution is 2.54. The van der Waals surface area contributed by atoms with E-state index in [0.29, 0.717) is 61.1 Å². The summed E-state index contributed by atoms with van der Waals surface area (Å²) in [6.45, 7) is 0. The van der Waals surface area contributed by atoms with E-state index >= 15 is 0 Å². The molecule has 6 heteroatoms. The van der Waals surface area contributed by atoms with E-state index in [9.17, 15) is 9.59 Å². The molecule has 0 radical (unpaired) electrons. The molecule has 0 bridgehead atoms. The number of rotatable bonds is 4. The van der Waals surface area contributed by atoms with Crippen LogP contribution in [0.3, 0.4) is 0 Å². The van der Waals surface area contributed by atoms with Crippen molar-refractivity contribution in [3.63, 3.8) is 0 Å². The molecule has 1 aliphatic rings. The molecule has 0 saturated carbocycles. The van der Waals surface area contributed by atoms with Crippen molar-refractivity contribution in [1.29, 1.82) is 0 Å². The van der Waals surface area contributed by atoms with Gasteiger partial charge in [-0.2, -0.15) is 0 Å². The van der Waals surface area contributed by atoms with Gasteiger partial charge in [0, 0.05) is 16.3 Å². The third kappa shape index (κ3) is 4.02. The van der Waals surface area contributed by atoms with Crippen LogP contribution in [0, 0.1) is 0 Å². The molecule has 0 aliphatic carbocycles. The van der Waals surface area contributed by atoms with E-state index in [4.69, 9.17) is 9.47 Å². The van der Waals surface area contributed by atoms with Gasteiger partial charge in [0.1, 0.15) is 11.3 Å². The molecule has 50 heavy (non-hydrogen) atoms. The minimum absolute atomic E-state index is 0.158. The lowest BCUT2D eigenvalue weighted by Gasteiger charge is -2.34. The van der Waals surface area contributed by atoms with Gasteiger partial charge in [0.25, 0.3) is 0 Å². The van der Waals surface area contributed by atoms with Crippen LogP contribution < -0.4 is 25.2 Å². The SMILES string of the molecule is O=c1c2cccc(Oc3ccccc3)c2n2c3ccc4c(c3c(=O)c3cccc1c32)Oc1ccccc1N4c1ccccc1-c1ccccc1. The fourth-order valence-corrected chi connectivity index (χ4v) is 7.42. The Kier molecular flexibility index (Phi) is 6.08. The summed E-state index contributed by atoms with van der Waals surface area (Å²) in [7, 11) is 0. The second kappa shape index (κ2) is 10.8. The van der Waals surface area contributed by atoms with Crippen molar-refractivity contribution in [1.82, 2.24) is 4.40 Å². The summed E-state index contributed by atoms with van der Waals surface area (Å²) < 4.78 is 15.2. The first-order chi connectivity index (χ1) is 24.7. The monoisotopic (exact) mass is 646 g/mol. The smallest absolute Gasteiger partial charge is 0.201 e. The summed E-state index contributed by atoms with van der Waals surface area (Å²) in [6, 6.07) is 50.7. The predicted molar refractivity (Wildman–Crippen MR) is 200 cm³/mol. The van der Waals surface area contributed by atoms with E-state index in [2.05, 4.69) is 29.2 Å². The molecular formula is C44H26N2O4. The zero-order valence-corrected chi connectivity index (χ0v) is 26.5. The molecule has 0 atom stereocenters. The van der Waals surface area contributed by atoms with E-state index in [1.807, 2.05) is 120 Å². The van der Waals surface area contributed by atoms with Gasteiger partial charge in [0.15, 0.2) is 22.7 Å². The van der Waals surface area contributed by atoms with E-state index in [1.165, 1.54) is 0 Å². The van der Waals surface area contributed by atoms with Gasteiger partial charge >= 0.3 is 0 Å². The summed E-state index contributed by atoms with van der Waals surface area (Å²) >= 11 is 0. The summed E-state index contributed by atoms with van der Waals surface area (Å²) in [6.07, 6.45) is 0. The van der Waals surface area contributed by atoms with Crippen molar-refractivity contribution in [2.45, 2.75) is 0 Å². The molecule has 0 amide bonds. The Morgan fingerprint density at radius 1 is 0.500 bits per heavy atom. The Balaban J connectivity index is 1.34. The lowest BCUT2D eigenvalue weighted by atomic mass is 9.99. The second-order valence-electron chi connectivity index (χ2n) is 12.4. The van der Waals surface area contributed by atoms with Gasteiger partial charge in [0.05, 0.1) is 38.9 Å². The van der Waals surface area contributed by atoms with Crippen molar-refractivity contribution in [2.75, 3.05) is 4.90 Å². The van der Waals surface area contributed by atoms with Crippen LogP contribution in [0.25, 0.3) is 49.2 Å². The topological polar surface area (TPSA) is 60.3 Å². The maximum absolute atomic E-state index is 14.8. The first kappa shape index (κ1) is 28.1. The maximum atomic E-state index is 14.8. The number of nitrogens with zero attached hydrogens (tertiary/aromatic N) is 2. The molecule has 3 heterocycles. The van der Waals surface area contributed by atoms with E-state index in [1.54, 1.807) is 18.2 Å². The number of hydrogen-bond donors (Lipinski definition) is 0. The van der Waals surface area contributed by atoms with Crippen molar-refractivity contribution in [3.05, 3.63) is 178 Å². The number of aromatic nitrogens is 1. The molecule has 7 aromatic carbocycles. The number of fused-ring (bicyclic) bond motifs is 7. The molecule has 0 fully saturated rings. The van der Waals surface area contributed by atoms with Crippen LogP contribution >= 0.6 is 0 Å². The van der Waals surface area contributed by atoms with Gasteiger partial charge in [-0.1, -0.05) is 91.0 Å². The number of anilines is 3. The Morgan fingerprint density at radius 2 is 1.14 bits per heavy atom. The Bertz CT molecular complexity index is 2920. The molecule has 1 aliphatic heterocycles. The molecular weight excluding hydrogens is 620 g/mol. The van der Waals surface area contributed by atoms with Crippen LogP contribution in [-0.2, 0) is 0 Å². The van der Waals surface area contributed by atoms with Crippen LogP contribution in [0.2, 0.25) is 0 Å². The van der Waals surface area contributed by atoms with Crippen molar-refractivity contribution < 1.29 is 9.47 Å². The molecule has 9 aromatic rings. The third-order valence-corrected chi connectivity index (χ3v) is 9.56. The van der Waals surface area contributed by atoms with Gasteiger partial charge in [-0.3, -0.25) is 9.59 Å². The van der Waals surface area contributed by atoms with Crippen molar-refractivity contribution in [3.8, 4) is 34.1 Å². The molecule has 0 saturated heterocycles. The highest BCUT2D eigenvalue weighted by Gasteiger charge is 2.31. The molecule has 2 aromatic heterocycles. The molecule has 10 rings (SSSR count). The van der Waals surface area contributed by atoms with Gasteiger partial charge in [-0.25, -0.2) is 0 Å². The molecule has 0 spiro atoms. The van der Waals surface area contributed by atoms with Gasteiger partial charge < -0.3 is 18.8 Å². The number of ether oxygens (including phenoxy) is 2. The fraction of sp³-hybridized carbons (Fsp3) is 0. The first-order valence-electron chi connectivity index (χ1n) is 16.4. The number of hydrogen-bond acceptors (Lipinski definition) is 5. The number of pyridine rings is 2. The van der Waals surface area contributed by atoms with Crippen LogP contribution in [-0.4, -0.2) is 4.40 Å². The lowest BCUT2D eigenvalue weighted by Crippen LogP contribution is -2.19. The average molecular weight is 647 g/mol. The molecule has 6 nitrogen and oxygen atoms in total. The Morgan fingerprint density at radius 3 is 1.94 bits per heavy atom. The molecule has 0 unspecified atom stereocenters. The first-order valence-corrected chi connectivity index (χ1v) is 16.4. The van der Waals surface area contributed by atoms with E-state index in [0.717, 1.165) is 28.2 Å². The lowest BCUT2D eigenvalue weighted by molar-refractivity contribution is 0.482. The number of para-hydroxylation sites is 6. The minimum Gasteiger partial charge on any atom is -0.455 e. The summed E-state index contributed by atoms with van der Waals surface area (Å²) in [5.74, 6) is 2.22. The van der Waals surface area contributed by atoms with Crippen LogP contribution in [0.5, 0.6) is 23.0 Å². The van der Waals surface area contributed by atoms with Gasteiger partial charge in [0.2, 0.25) is 5.43 Å². The Labute approximate surface area is 285 Å². The average Bonchev–Trinajstić information content (AvgIpc) is 3.17. The molecule has 0 N–H and O–H groups in total. The zero-order valence-electron chi connectivity index (χ0n) is 26.5. The summed E-state index contributed by atoms with van der Waals surface area (Å²) in [5.41, 5.74) is 6.05. The van der Waals surface area contributed by atoms with Gasteiger partial charge in [-0.15, -0.1) is 0 Å². The zero-order chi connectivity index (χ0) is 33.3. The molecule has 236 valence electrons. The van der Waals surface area contributed by atoms with Crippen molar-refractivity contribution >= 4 is 55.2 Å². The third-order valence-electron chi connectivity index (χ3n) is 9.56. The highest BCUT2D eigenvalue weighted by molar-refractivity contribution is 6.11. The minimum atomic E-state index is -0.210. The predicted octanol–water partition coefficient (Wildman–Crippen LogP) is 10.6. The van der Waals surface area contributed by atoms with E-state index < -0.39 is 0 Å².